The van der Waals surface area contributed by atoms with Crippen molar-refractivity contribution in [2.24, 2.45) is 50.2 Å². The quantitative estimate of drug-likeness (QED) is 0.209. The van der Waals surface area contributed by atoms with E-state index in [4.69, 9.17) is 9.47 Å². The van der Waals surface area contributed by atoms with Crippen LogP contribution in [0.4, 0.5) is 0 Å². The van der Waals surface area contributed by atoms with Crippen LogP contribution in [0.2, 0.25) is 0 Å². The predicted molar refractivity (Wildman–Crippen MR) is 166 cm³/mol. The van der Waals surface area contributed by atoms with Crippen LogP contribution < -0.4 is 0 Å². The van der Waals surface area contributed by atoms with E-state index in [1.54, 1.807) is 0 Å². The molecule has 0 radical (unpaired) electrons. The Kier molecular flexibility index (Phi) is 7.78. The van der Waals surface area contributed by atoms with Crippen molar-refractivity contribution in [3.8, 4) is 0 Å². The van der Waals surface area contributed by atoms with E-state index in [2.05, 4.69) is 54.5 Å². The van der Waals surface area contributed by atoms with Crippen molar-refractivity contribution in [1.29, 1.82) is 0 Å². The second-order valence-electron chi connectivity index (χ2n) is 17.9. The Hall–Kier alpha value is -1.52. The van der Waals surface area contributed by atoms with Gasteiger partial charge in [-0.3, -0.25) is 4.79 Å². The molecule has 1 aliphatic heterocycles. The molecule has 5 N–H and O–H groups in total. The summed E-state index contributed by atoms with van der Waals surface area (Å²) in [5, 5.41) is 51.4. The number of aliphatic hydroxyl groups is 3. The van der Waals surface area contributed by atoms with E-state index in [9.17, 15) is 35.1 Å². The zero-order chi connectivity index (χ0) is 33.1. The minimum absolute atomic E-state index is 0.0000841. The number of hydrogen-bond donors (Lipinski definition) is 5. The lowest BCUT2D eigenvalue weighted by Gasteiger charge is -2.71. The van der Waals surface area contributed by atoms with Gasteiger partial charge in [0, 0.05) is 0 Å². The summed E-state index contributed by atoms with van der Waals surface area (Å²) in [5.74, 6) is -1.24. The SMILES string of the molecule is CC1(C)CC[C@@]2(C(=O)O)CC[C@]3(C)C(=CC[C@@H]4[C@]5(C)CC[C@H](O[C@@H]6O[C@H](C(=O)O)[C@@H](O)[C@H](O)[C@H]6O)C(C)(C)[C@H]5CC[C@]43C)[C@H]2C1. The van der Waals surface area contributed by atoms with Crippen molar-refractivity contribution in [3.63, 3.8) is 0 Å². The lowest BCUT2D eigenvalue weighted by molar-refractivity contribution is -0.324. The highest BCUT2D eigenvalue weighted by Crippen LogP contribution is 2.76. The first-order chi connectivity index (χ1) is 20.7. The molecular formula is C36H56O9. The van der Waals surface area contributed by atoms with Crippen LogP contribution in [-0.2, 0) is 19.1 Å². The summed E-state index contributed by atoms with van der Waals surface area (Å²) < 4.78 is 11.9. The average molecular weight is 633 g/mol. The van der Waals surface area contributed by atoms with Gasteiger partial charge in [0.2, 0.25) is 0 Å². The zero-order valence-electron chi connectivity index (χ0n) is 28.2. The van der Waals surface area contributed by atoms with Crippen LogP contribution in [0.25, 0.3) is 0 Å². The molecule has 0 spiro atoms. The smallest absolute Gasteiger partial charge is 0.335 e. The number of aliphatic hydroxyl groups excluding tert-OH is 3. The van der Waals surface area contributed by atoms with Gasteiger partial charge in [-0.05, 0) is 109 Å². The molecule has 0 aromatic heterocycles. The Bertz CT molecular complexity index is 1260. The van der Waals surface area contributed by atoms with E-state index < -0.39 is 48.1 Å². The highest BCUT2D eigenvalue weighted by atomic mass is 16.7. The van der Waals surface area contributed by atoms with Crippen molar-refractivity contribution in [1.82, 2.24) is 0 Å². The Morgan fingerprint density at radius 2 is 1.49 bits per heavy atom. The standard InChI is InChI=1S/C36H56O9/c1-31(2)14-16-36(30(42)43)17-15-34(6)19(20(36)18-31)8-9-22-33(5)12-11-23(32(3,4)21(33)10-13-35(22,34)7)44-29-26(39)24(37)25(38)27(45-29)28(40)41/h8,20-27,29,37-39H,9-18H2,1-7H3,(H,40,41)(H,42,43)/t20-,21-,22-,23+,24+,25+,26-,27+,29-,33-,34-,35-,36-/m1/s1. The van der Waals surface area contributed by atoms with Crippen molar-refractivity contribution in [2.45, 2.75) is 149 Å². The van der Waals surface area contributed by atoms with Gasteiger partial charge in [0.1, 0.15) is 18.3 Å². The first-order valence-corrected chi connectivity index (χ1v) is 17.3. The maximum atomic E-state index is 12.9. The minimum Gasteiger partial charge on any atom is -0.481 e. The maximum absolute atomic E-state index is 12.9. The van der Waals surface area contributed by atoms with Gasteiger partial charge in [0.15, 0.2) is 12.4 Å². The van der Waals surface area contributed by atoms with E-state index in [1.165, 1.54) is 5.57 Å². The minimum atomic E-state index is -1.75. The largest absolute Gasteiger partial charge is 0.481 e. The first-order valence-electron chi connectivity index (χ1n) is 17.3. The number of carbonyl (C=O) groups is 2. The van der Waals surface area contributed by atoms with E-state index in [0.717, 1.165) is 57.8 Å². The summed E-state index contributed by atoms with van der Waals surface area (Å²) in [6.07, 6.45) is 2.94. The monoisotopic (exact) mass is 632 g/mol. The van der Waals surface area contributed by atoms with Gasteiger partial charge in [-0.15, -0.1) is 0 Å². The maximum Gasteiger partial charge on any atom is 0.335 e. The third kappa shape index (κ3) is 4.57. The number of carboxylic acids is 2. The van der Waals surface area contributed by atoms with Crippen molar-refractivity contribution < 1.29 is 44.6 Å². The molecule has 4 saturated carbocycles. The Balaban J connectivity index is 1.29. The van der Waals surface area contributed by atoms with Crippen molar-refractivity contribution >= 4 is 11.9 Å². The number of aliphatic carboxylic acids is 2. The van der Waals surface area contributed by atoms with Crippen LogP contribution in [0.3, 0.4) is 0 Å². The topological polar surface area (TPSA) is 154 Å². The molecule has 0 unspecified atom stereocenters. The molecule has 0 bridgehead atoms. The third-order valence-electron chi connectivity index (χ3n) is 15.1. The molecule has 1 heterocycles. The molecular weight excluding hydrogens is 576 g/mol. The number of carboxylic acid groups (broad SMARTS) is 2. The molecule has 45 heavy (non-hydrogen) atoms. The van der Waals surface area contributed by atoms with Gasteiger partial charge < -0.3 is 35.0 Å². The summed E-state index contributed by atoms with van der Waals surface area (Å²) in [7, 11) is 0. The second-order valence-corrected chi connectivity index (χ2v) is 17.9. The Labute approximate surface area is 267 Å². The first kappa shape index (κ1) is 33.4. The molecule has 0 aromatic rings. The highest BCUT2D eigenvalue weighted by Gasteiger charge is 2.69. The fourth-order valence-corrected chi connectivity index (χ4v) is 12.2. The highest BCUT2D eigenvalue weighted by molar-refractivity contribution is 5.76. The average Bonchev–Trinajstić information content (AvgIpc) is 2.94. The van der Waals surface area contributed by atoms with Crippen LogP contribution in [0, 0.1) is 50.2 Å². The molecule has 6 aliphatic rings. The molecule has 5 fully saturated rings. The van der Waals surface area contributed by atoms with Gasteiger partial charge in [-0.2, -0.15) is 0 Å². The second kappa shape index (κ2) is 10.5. The van der Waals surface area contributed by atoms with Crippen molar-refractivity contribution in [3.05, 3.63) is 11.6 Å². The lowest BCUT2D eigenvalue weighted by atomic mass is 9.33. The van der Waals surface area contributed by atoms with E-state index >= 15 is 0 Å². The number of rotatable bonds is 4. The molecule has 9 nitrogen and oxygen atoms in total. The number of hydrogen-bond acceptors (Lipinski definition) is 7. The van der Waals surface area contributed by atoms with Gasteiger partial charge in [0.25, 0.3) is 0 Å². The summed E-state index contributed by atoms with van der Waals surface area (Å²) in [4.78, 5) is 24.6. The van der Waals surface area contributed by atoms with Crippen LogP contribution in [0.1, 0.15) is 113 Å². The summed E-state index contributed by atoms with van der Waals surface area (Å²) in [6.45, 7) is 16.4. The zero-order valence-corrected chi connectivity index (χ0v) is 28.2. The summed E-state index contributed by atoms with van der Waals surface area (Å²) in [6, 6.07) is 0. The van der Waals surface area contributed by atoms with Crippen LogP contribution >= 0.6 is 0 Å². The third-order valence-corrected chi connectivity index (χ3v) is 15.1. The number of fused-ring (bicyclic) bond motifs is 7. The molecule has 254 valence electrons. The van der Waals surface area contributed by atoms with Crippen LogP contribution in [-0.4, -0.2) is 74.3 Å². The van der Waals surface area contributed by atoms with Gasteiger partial charge in [0.05, 0.1) is 11.5 Å². The fraction of sp³-hybridized carbons (Fsp3) is 0.889. The molecule has 1 saturated heterocycles. The Morgan fingerprint density at radius 3 is 2.13 bits per heavy atom. The van der Waals surface area contributed by atoms with E-state index in [0.29, 0.717) is 18.3 Å². The van der Waals surface area contributed by atoms with E-state index in [-0.39, 0.29) is 39.1 Å². The molecule has 0 amide bonds. The molecule has 0 aromatic carbocycles. The van der Waals surface area contributed by atoms with Crippen LogP contribution in [0.15, 0.2) is 11.6 Å². The molecule has 5 aliphatic carbocycles. The molecule has 6 rings (SSSR count). The Morgan fingerprint density at radius 1 is 0.822 bits per heavy atom. The van der Waals surface area contributed by atoms with E-state index in [1.807, 2.05) is 0 Å². The normalized spacial score (nSPS) is 51.9. The number of allylic oxidation sites excluding steroid dienone is 2. The predicted octanol–water partition coefficient (Wildman–Crippen LogP) is 5.15. The van der Waals surface area contributed by atoms with Gasteiger partial charge in [-0.1, -0.05) is 60.1 Å². The lowest BCUT2D eigenvalue weighted by Crippen LogP contribution is -2.66. The molecule has 9 heteroatoms. The summed E-state index contributed by atoms with van der Waals surface area (Å²) >= 11 is 0. The van der Waals surface area contributed by atoms with Gasteiger partial charge >= 0.3 is 11.9 Å². The summed E-state index contributed by atoms with van der Waals surface area (Å²) in [5.41, 5.74) is 0.508. The fourth-order valence-electron chi connectivity index (χ4n) is 12.2. The molecule has 13 atom stereocenters. The van der Waals surface area contributed by atoms with Gasteiger partial charge in [-0.25, -0.2) is 4.79 Å². The van der Waals surface area contributed by atoms with Crippen LogP contribution in [0.5, 0.6) is 0 Å². The number of ether oxygens (including phenoxy) is 2. The van der Waals surface area contributed by atoms with Crippen molar-refractivity contribution in [2.75, 3.05) is 0 Å².